The molecule has 0 spiro atoms. The van der Waals surface area contributed by atoms with E-state index in [1.54, 1.807) is 11.8 Å². The molecule has 0 radical (unpaired) electrons. The Balaban J connectivity index is 3.44. The molecule has 78 valence electrons. The number of hydrogen-bond acceptors (Lipinski definition) is 2. The summed E-state index contributed by atoms with van der Waals surface area (Å²) in [7, 11) is 0. The largest absolute Gasteiger partial charge is 0.480 e. The molecule has 0 fully saturated rings. The summed E-state index contributed by atoms with van der Waals surface area (Å²) in [5.41, 5.74) is 0. The summed E-state index contributed by atoms with van der Waals surface area (Å²) in [5.74, 6) is 1.03. The lowest BCUT2D eigenvalue weighted by Crippen LogP contribution is -2.15. The lowest BCUT2D eigenvalue weighted by atomic mass is 10.1. The minimum Gasteiger partial charge on any atom is -0.480 e. The number of hydrogen-bond donors (Lipinski definition) is 1. The van der Waals surface area contributed by atoms with Crippen molar-refractivity contribution in [3.05, 3.63) is 0 Å². The van der Waals surface area contributed by atoms with E-state index in [1.165, 1.54) is 6.42 Å². The van der Waals surface area contributed by atoms with Crippen LogP contribution in [-0.4, -0.2) is 22.1 Å². The molecule has 0 aromatic rings. The van der Waals surface area contributed by atoms with Gasteiger partial charge >= 0.3 is 5.97 Å². The average Bonchev–Trinajstić information content (AvgIpc) is 2.03. The Morgan fingerprint density at radius 2 is 2.08 bits per heavy atom. The van der Waals surface area contributed by atoms with E-state index in [-0.39, 0.29) is 5.25 Å². The van der Waals surface area contributed by atoms with E-state index in [2.05, 4.69) is 13.8 Å². The van der Waals surface area contributed by atoms with E-state index in [0.29, 0.717) is 0 Å². The first-order chi connectivity index (χ1) is 6.07. The Labute approximate surface area is 85.1 Å². The van der Waals surface area contributed by atoms with Gasteiger partial charge in [0.05, 0.1) is 0 Å². The fourth-order valence-electron chi connectivity index (χ4n) is 1.08. The minimum absolute atomic E-state index is 0.202. The number of carboxylic acid groups (broad SMARTS) is 1. The SMILES string of the molecule is CCC(SCCCC(C)C)C(=O)O. The van der Waals surface area contributed by atoms with Crippen LogP contribution in [0.5, 0.6) is 0 Å². The van der Waals surface area contributed by atoms with E-state index in [4.69, 9.17) is 5.11 Å². The van der Waals surface area contributed by atoms with Crippen LogP contribution in [0.15, 0.2) is 0 Å². The molecule has 0 rings (SSSR count). The first-order valence-corrected chi connectivity index (χ1v) is 5.97. The molecule has 0 saturated carbocycles. The van der Waals surface area contributed by atoms with Crippen molar-refractivity contribution >= 4 is 17.7 Å². The molecule has 0 aliphatic heterocycles. The summed E-state index contributed by atoms with van der Waals surface area (Å²) in [6.07, 6.45) is 3.05. The van der Waals surface area contributed by atoms with Crippen molar-refractivity contribution in [3.8, 4) is 0 Å². The summed E-state index contributed by atoms with van der Waals surface area (Å²) in [5, 5.41) is 8.56. The molecule has 1 unspecified atom stereocenters. The van der Waals surface area contributed by atoms with Crippen LogP contribution in [0.4, 0.5) is 0 Å². The third-order valence-corrected chi connectivity index (χ3v) is 3.35. The second kappa shape index (κ2) is 7.25. The fourth-order valence-corrected chi connectivity index (χ4v) is 2.08. The summed E-state index contributed by atoms with van der Waals surface area (Å²) >= 11 is 1.57. The molecule has 0 amide bonds. The quantitative estimate of drug-likeness (QED) is 0.648. The summed E-state index contributed by atoms with van der Waals surface area (Å²) in [6, 6.07) is 0. The van der Waals surface area contributed by atoms with Crippen molar-refractivity contribution < 1.29 is 9.90 Å². The van der Waals surface area contributed by atoms with Crippen molar-refractivity contribution in [1.29, 1.82) is 0 Å². The number of rotatable bonds is 7. The number of carbonyl (C=O) groups is 1. The molecular formula is C10H20O2S. The maximum Gasteiger partial charge on any atom is 0.316 e. The van der Waals surface area contributed by atoms with Crippen molar-refractivity contribution in [3.63, 3.8) is 0 Å². The standard InChI is InChI=1S/C10H20O2S/c1-4-9(10(11)12)13-7-5-6-8(2)3/h8-9H,4-7H2,1-3H3,(H,11,12). The fraction of sp³-hybridized carbons (Fsp3) is 0.900. The van der Waals surface area contributed by atoms with Gasteiger partial charge in [-0.15, -0.1) is 11.8 Å². The van der Waals surface area contributed by atoms with E-state index in [0.717, 1.165) is 24.5 Å². The highest BCUT2D eigenvalue weighted by Crippen LogP contribution is 2.17. The van der Waals surface area contributed by atoms with Crippen molar-refractivity contribution in [1.82, 2.24) is 0 Å². The van der Waals surface area contributed by atoms with Crippen LogP contribution in [0.3, 0.4) is 0 Å². The molecule has 0 aromatic heterocycles. The molecule has 13 heavy (non-hydrogen) atoms. The summed E-state index contributed by atoms with van der Waals surface area (Å²) in [4.78, 5) is 10.6. The molecule has 0 heterocycles. The highest BCUT2D eigenvalue weighted by molar-refractivity contribution is 8.00. The summed E-state index contributed by atoms with van der Waals surface area (Å²) in [6.45, 7) is 6.31. The molecule has 2 nitrogen and oxygen atoms in total. The topological polar surface area (TPSA) is 37.3 Å². The molecule has 0 aliphatic rings. The lowest BCUT2D eigenvalue weighted by molar-refractivity contribution is -0.136. The van der Waals surface area contributed by atoms with Gasteiger partial charge in [0.2, 0.25) is 0 Å². The highest BCUT2D eigenvalue weighted by atomic mass is 32.2. The highest BCUT2D eigenvalue weighted by Gasteiger charge is 2.14. The van der Waals surface area contributed by atoms with Crippen LogP contribution in [0.2, 0.25) is 0 Å². The Kier molecular flexibility index (Phi) is 7.14. The van der Waals surface area contributed by atoms with Gasteiger partial charge in [0, 0.05) is 0 Å². The first kappa shape index (κ1) is 12.8. The zero-order valence-corrected chi connectivity index (χ0v) is 9.56. The molecule has 0 aromatic carbocycles. The van der Waals surface area contributed by atoms with Gasteiger partial charge in [-0.25, -0.2) is 0 Å². The van der Waals surface area contributed by atoms with Crippen LogP contribution >= 0.6 is 11.8 Å². The van der Waals surface area contributed by atoms with Gasteiger partial charge in [-0.2, -0.15) is 0 Å². The van der Waals surface area contributed by atoms with Gasteiger partial charge in [-0.1, -0.05) is 27.2 Å². The molecule has 1 N–H and O–H groups in total. The van der Waals surface area contributed by atoms with Gasteiger partial charge in [-0.3, -0.25) is 4.79 Å². The van der Waals surface area contributed by atoms with E-state index in [1.807, 2.05) is 6.92 Å². The summed E-state index contributed by atoms with van der Waals surface area (Å²) < 4.78 is 0. The maximum absolute atomic E-state index is 10.6. The van der Waals surface area contributed by atoms with Crippen molar-refractivity contribution in [2.45, 2.75) is 45.3 Å². The van der Waals surface area contributed by atoms with Crippen LogP contribution in [0.25, 0.3) is 0 Å². The zero-order valence-electron chi connectivity index (χ0n) is 8.75. The Bertz CT molecular complexity index is 146. The Morgan fingerprint density at radius 1 is 1.46 bits per heavy atom. The van der Waals surface area contributed by atoms with Crippen molar-refractivity contribution in [2.75, 3.05) is 5.75 Å². The third kappa shape index (κ3) is 6.94. The zero-order chi connectivity index (χ0) is 10.3. The van der Waals surface area contributed by atoms with E-state index in [9.17, 15) is 4.79 Å². The van der Waals surface area contributed by atoms with Crippen LogP contribution in [0.1, 0.15) is 40.0 Å². The minimum atomic E-state index is -0.669. The smallest absolute Gasteiger partial charge is 0.316 e. The average molecular weight is 204 g/mol. The predicted octanol–water partition coefficient (Wildman–Crippen LogP) is 3.02. The van der Waals surface area contributed by atoms with Gasteiger partial charge in [0.25, 0.3) is 0 Å². The molecule has 0 aliphatic carbocycles. The first-order valence-electron chi connectivity index (χ1n) is 4.92. The lowest BCUT2D eigenvalue weighted by Gasteiger charge is -2.09. The second-order valence-corrected chi connectivity index (χ2v) is 4.95. The van der Waals surface area contributed by atoms with Gasteiger partial charge in [0.1, 0.15) is 5.25 Å². The Morgan fingerprint density at radius 3 is 2.46 bits per heavy atom. The van der Waals surface area contributed by atoms with Crippen LogP contribution < -0.4 is 0 Å². The van der Waals surface area contributed by atoms with Gasteiger partial charge < -0.3 is 5.11 Å². The monoisotopic (exact) mass is 204 g/mol. The third-order valence-electron chi connectivity index (χ3n) is 1.89. The van der Waals surface area contributed by atoms with Crippen molar-refractivity contribution in [2.24, 2.45) is 5.92 Å². The number of thioether (sulfide) groups is 1. The molecule has 0 saturated heterocycles. The molecule has 1 atom stereocenters. The Hall–Kier alpha value is -0.180. The van der Waals surface area contributed by atoms with Crippen LogP contribution in [0, 0.1) is 5.92 Å². The van der Waals surface area contributed by atoms with Gasteiger partial charge in [-0.05, 0) is 24.5 Å². The normalized spacial score (nSPS) is 13.2. The molecule has 3 heteroatoms. The van der Waals surface area contributed by atoms with E-state index >= 15 is 0 Å². The molecular weight excluding hydrogens is 184 g/mol. The second-order valence-electron chi connectivity index (χ2n) is 3.64. The number of carboxylic acids is 1. The van der Waals surface area contributed by atoms with Gasteiger partial charge in [0.15, 0.2) is 0 Å². The number of aliphatic carboxylic acids is 1. The maximum atomic E-state index is 10.6. The van der Waals surface area contributed by atoms with Crippen LogP contribution in [-0.2, 0) is 4.79 Å². The van der Waals surface area contributed by atoms with E-state index < -0.39 is 5.97 Å². The molecule has 0 bridgehead atoms. The predicted molar refractivity (Wildman–Crippen MR) is 58.2 cm³/mol.